The van der Waals surface area contributed by atoms with Crippen LogP contribution in [0.3, 0.4) is 0 Å². The van der Waals surface area contributed by atoms with E-state index in [0.29, 0.717) is 11.3 Å². The minimum atomic E-state index is -3.88. The second-order valence-corrected chi connectivity index (χ2v) is 5.23. The molecule has 2 heterocycles. The Balaban J connectivity index is 2.76. The summed E-state index contributed by atoms with van der Waals surface area (Å²) in [5.41, 5.74) is 0.646. The summed E-state index contributed by atoms with van der Waals surface area (Å²) >= 11 is 0. The van der Waals surface area contributed by atoms with Crippen LogP contribution in [-0.4, -0.2) is 20.5 Å². The second-order valence-electron chi connectivity index (χ2n) is 2.73. The molecule has 2 aromatic heterocycles. The Hall–Kier alpha value is -1.27. The zero-order chi connectivity index (χ0) is 11.1. The zero-order valence-corrected chi connectivity index (χ0v) is 9.17. The van der Waals surface area contributed by atoms with Crippen LogP contribution in [0.15, 0.2) is 27.8 Å². The summed E-state index contributed by atoms with van der Waals surface area (Å²) in [6, 6.07) is 2.82. The van der Waals surface area contributed by atoms with Gasteiger partial charge in [-0.05, 0) is 0 Å². The van der Waals surface area contributed by atoms with Gasteiger partial charge < -0.3 is 9.15 Å². The van der Waals surface area contributed by atoms with Gasteiger partial charge in [0, 0.05) is 29.0 Å². The minimum absolute atomic E-state index is 0.263. The van der Waals surface area contributed by atoms with Crippen LogP contribution in [0, 0.1) is 0 Å². The van der Waals surface area contributed by atoms with E-state index in [0.717, 1.165) is 0 Å². The largest absolute Gasteiger partial charge is 0.493 e. The highest BCUT2D eigenvalue weighted by molar-refractivity contribution is 8.13. The van der Waals surface area contributed by atoms with Gasteiger partial charge in [-0.15, -0.1) is 0 Å². The van der Waals surface area contributed by atoms with E-state index in [1.807, 2.05) is 0 Å². The number of furan rings is 1. The molecule has 0 atom stereocenters. The number of rotatable bonds is 2. The highest BCUT2D eigenvalue weighted by atomic mass is 35.7. The summed E-state index contributed by atoms with van der Waals surface area (Å²) in [4.78, 5) is 3.93. The number of methoxy groups -OCH3 is 1. The van der Waals surface area contributed by atoms with E-state index >= 15 is 0 Å². The van der Waals surface area contributed by atoms with Crippen molar-refractivity contribution in [1.82, 2.24) is 4.98 Å². The molecule has 0 N–H and O–H groups in total. The van der Waals surface area contributed by atoms with Crippen LogP contribution in [0.2, 0.25) is 0 Å². The van der Waals surface area contributed by atoms with Crippen molar-refractivity contribution < 1.29 is 17.6 Å². The molecule has 15 heavy (non-hydrogen) atoms. The summed E-state index contributed by atoms with van der Waals surface area (Å²) in [5, 5.41) is -0.337. The molecular weight excluding hydrogens is 242 g/mol. The highest BCUT2D eigenvalue weighted by Gasteiger charge is 2.18. The maximum Gasteiger partial charge on any atom is 0.294 e. The van der Waals surface area contributed by atoms with Gasteiger partial charge in [-0.25, -0.2) is 8.42 Å². The Morgan fingerprint density at radius 3 is 2.87 bits per heavy atom. The van der Waals surface area contributed by atoms with Crippen molar-refractivity contribution in [3.05, 3.63) is 18.3 Å². The zero-order valence-electron chi connectivity index (χ0n) is 7.60. The summed E-state index contributed by atoms with van der Waals surface area (Å²) in [7, 11) is 2.71. The number of aromatic nitrogens is 1. The van der Waals surface area contributed by atoms with Gasteiger partial charge in [0.15, 0.2) is 11.3 Å². The lowest BCUT2D eigenvalue weighted by Gasteiger charge is -1.97. The van der Waals surface area contributed by atoms with Crippen LogP contribution < -0.4 is 4.74 Å². The molecule has 80 valence electrons. The van der Waals surface area contributed by atoms with Gasteiger partial charge in [0.05, 0.1) is 7.11 Å². The van der Waals surface area contributed by atoms with Gasteiger partial charge in [-0.2, -0.15) is 0 Å². The molecule has 0 aliphatic rings. The van der Waals surface area contributed by atoms with E-state index in [9.17, 15) is 8.42 Å². The fourth-order valence-electron chi connectivity index (χ4n) is 1.17. The molecule has 5 nitrogen and oxygen atoms in total. The van der Waals surface area contributed by atoms with Crippen LogP contribution in [0.4, 0.5) is 0 Å². The monoisotopic (exact) mass is 247 g/mol. The van der Waals surface area contributed by atoms with Crippen LogP contribution in [0.5, 0.6) is 5.75 Å². The van der Waals surface area contributed by atoms with Crippen LogP contribution in [0.25, 0.3) is 11.1 Å². The smallest absolute Gasteiger partial charge is 0.294 e. The first-order valence-corrected chi connectivity index (χ1v) is 6.20. The van der Waals surface area contributed by atoms with Crippen LogP contribution >= 0.6 is 10.7 Å². The normalized spacial score (nSPS) is 11.9. The number of nitrogens with zero attached hydrogens (tertiary/aromatic N) is 1. The first kappa shape index (κ1) is 10.3. The Morgan fingerprint density at radius 1 is 1.53 bits per heavy atom. The lowest BCUT2D eigenvalue weighted by atomic mass is 10.4. The van der Waals surface area contributed by atoms with Crippen molar-refractivity contribution in [3.8, 4) is 5.75 Å². The van der Waals surface area contributed by atoms with Crippen molar-refractivity contribution in [2.75, 3.05) is 7.11 Å². The van der Waals surface area contributed by atoms with E-state index in [-0.39, 0.29) is 10.7 Å². The quantitative estimate of drug-likeness (QED) is 0.757. The fraction of sp³-hybridized carbons (Fsp3) is 0.125. The van der Waals surface area contributed by atoms with Gasteiger partial charge >= 0.3 is 0 Å². The second kappa shape index (κ2) is 3.39. The Labute approximate surface area is 90.0 Å². The summed E-state index contributed by atoms with van der Waals surface area (Å²) in [5.74, 6) is 0.409. The summed E-state index contributed by atoms with van der Waals surface area (Å²) in [6.45, 7) is 0. The lowest BCUT2D eigenvalue weighted by molar-refractivity contribution is 0.401. The maximum absolute atomic E-state index is 11.0. The Bertz CT molecular complexity index is 604. The topological polar surface area (TPSA) is 69.4 Å². The molecule has 0 saturated carbocycles. The van der Waals surface area contributed by atoms with Crippen molar-refractivity contribution in [2.24, 2.45) is 0 Å². The third-order valence-corrected chi connectivity index (χ3v) is 2.95. The average Bonchev–Trinajstić information content (AvgIpc) is 2.59. The van der Waals surface area contributed by atoms with Gasteiger partial charge in [0.1, 0.15) is 5.52 Å². The van der Waals surface area contributed by atoms with Crippen LogP contribution in [-0.2, 0) is 9.05 Å². The Kier molecular flexibility index (Phi) is 2.32. The van der Waals surface area contributed by atoms with Crippen LogP contribution in [0.1, 0.15) is 0 Å². The van der Waals surface area contributed by atoms with E-state index < -0.39 is 9.05 Å². The van der Waals surface area contributed by atoms with Crippen molar-refractivity contribution in [1.29, 1.82) is 0 Å². The van der Waals surface area contributed by atoms with Gasteiger partial charge in [0.2, 0.25) is 5.09 Å². The predicted octanol–water partition coefficient (Wildman–Crippen LogP) is 1.76. The number of pyridine rings is 1. The molecule has 2 aromatic rings. The molecular formula is C8H6ClNO4S. The van der Waals surface area contributed by atoms with E-state index in [1.165, 1.54) is 19.4 Å². The SMILES string of the molecule is COc1ccnc2cc(S(=O)(=O)Cl)oc12. The molecule has 0 spiro atoms. The maximum atomic E-state index is 11.0. The minimum Gasteiger partial charge on any atom is -0.493 e. The first-order valence-electron chi connectivity index (χ1n) is 3.89. The molecule has 0 fully saturated rings. The number of hydrogen-bond acceptors (Lipinski definition) is 5. The van der Waals surface area contributed by atoms with E-state index in [4.69, 9.17) is 19.8 Å². The lowest BCUT2D eigenvalue weighted by Crippen LogP contribution is -1.85. The predicted molar refractivity (Wildman–Crippen MR) is 53.6 cm³/mol. The van der Waals surface area contributed by atoms with Crippen molar-refractivity contribution in [2.45, 2.75) is 5.09 Å². The third kappa shape index (κ3) is 1.78. The highest BCUT2D eigenvalue weighted by Crippen LogP contribution is 2.29. The number of fused-ring (bicyclic) bond motifs is 1. The first-order chi connectivity index (χ1) is 7.02. The van der Waals surface area contributed by atoms with Gasteiger partial charge in [0.25, 0.3) is 9.05 Å². The molecule has 0 saturated heterocycles. The molecule has 0 unspecified atom stereocenters. The number of ether oxygens (including phenoxy) is 1. The number of hydrogen-bond donors (Lipinski definition) is 0. The average molecular weight is 248 g/mol. The molecule has 0 aliphatic carbocycles. The molecule has 0 aromatic carbocycles. The molecule has 0 amide bonds. The van der Waals surface area contributed by atoms with E-state index in [2.05, 4.69) is 4.98 Å². The Morgan fingerprint density at radius 2 is 2.27 bits per heavy atom. The van der Waals surface area contributed by atoms with Crippen molar-refractivity contribution >= 4 is 30.8 Å². The fourth-order valence-corrected chi connectivity index (χ4v) is 1.84. The van der Waals surface area contributed by atoms with Gasteiger partial charge in [-0.1, -0.05) is 0 Å². The summed E-state index contributed by atoms with van der Waals surface area (Å²) < 4.78 is 32.0. The molecule has 2 rings (SSSR count). The molecule has 0 bridgehead atoms. The third-order valence-electron chi connectivity index (χ3n) is 1.81. The standard InChI is InChI=1S/C8H6ClNO4S/c1-13-6-2-3-10-5-4-7(14-8(5)6)15(9,11)12/h2-4H,1H3. The van der Waals surface area contributed by atoms with Crippen molar-refractivity contribution in [3.63, 3.8) is 0 Å². The molecule has 7 heteroatoms. The number of halogens is 1. The summed E-state index contributed by atoms with van der Waals surface area (Å²) in [6.07, 6.45) is 1.49. The van der Waals surface area contributed by atoms with E-state index in [1.54, 1.807) is 6.07 Å². The molecule has 0 aliphatic heterocycles. The van der Waals surface area contributed by atoms with Gasteiger partial charge in [-0.3, -0.25) is 4.98 Å². The molecule has 0 radical (unpaired) electrons.